The summed E-state index contributed by atoms with van der Waals surface area (Å²) in [6, 6.07) is 9.46. The number of carbonyl (C=O) groups is 1. The van der Waals surface area contributed by atoms with Gasteiger partial charge in [-0.2, -0.15) is 0 Å². The van der Waals surface area contributed by atoms with Crippen LogP contribution >= 0.6 is 7.52 Å². The van der Waals surface area contributed by atoms with Crippen molar-refractivity contribution < 1.29 is 29.3 Å². The summed E-state index contributed by atoms with van der Waals surface area (Å²) in [5, 5.41) is 20.9. The highest BCUT2D eigenvalue weighted by Gasteiger charge is 2.44. The second kappa shape index (κ2) is 12.5. The molecular formula is C22H35N2O6P. The number of unbranched alkanes of at least 4 members (excludes halogenated alkanes) is 1. The summed E-state index contributed by atoms with van der Waals surface area (Å²) in [6.07, 6.45) is 5.28. The van der Waals surface area contributed by atoms with Crippen molar-refractivity contribution in [2.24, 2.45) is 17.6 Å². The van der Waals surface area contributed by atoms with Gasteiger partial charge in [0.05, 0.1) is 19.3 Å². The van der Waals surface area contributed by atoms with Crippen molar-refractivity contribution in [2.75, 3.05) is 19.8 Å². The summed E-state index contributed by atoms with van der Waals surface area (Å²) < 4.78 is 12.9. The fourth-order valence-electron chi connectivity index (χ4n) is 4.06. The molecule has 0 aromatic heterocycles. The van der Waals surface area contributed by atoms with Gasteiger partial charge in [0.1, 0.15) is 0 Å². The first-order valence-electron chi connectivity index (χ1n) is 10.7. The molecule has 1 fully saturated rings. The van der Waals surface area contributed by atoms with Crippen LogP contribution < -0.4 is 5.73 Å². The topological polar surface area (TPSA) is 133 Å². The van der Waals surface area contributed by atoms with Crippen LogP contribution in [-0.2, 0) is 20.6 Å². The van der Waals surface area contributed by atoms with Gasteiger partial charge in [0, 0.05) is 25.0 Å². The molecule has 0 heterocycles. The summed E-state index contributed by atoms with van der Waals surface area (Å²) >= 11 is 0. The molecule has 0 spiro atoms. The van der Waals surface area contributed by atoms with E-state index in [2.05, 4.69) is 0 Å². The number of rotatable bonds is 13. The van der Waals surface area contributed by atoms with Gasteiger partial charge in [-0.15, -0.1) is 4.83 Å². The number of benzene rings is 1. The Hall–Kier alpha value is -1.54. The number of aliphatic hydroxyl groups excluding tert-OH is 2. The zero-order valence-corrected chi connectivity index (χ0v) is 18.9. The zero-order valence-electron chi connectivity index (χ0n) is 18.0. The van der Waals surface area contributed by atoms with E-state index in [-0.39, 0.29) is 31.0 Å². The fourth-order valence-corrected chi connectivity index (χ4v) is 5.53. The molecule has 0 aliphatic heterocycles. The van der Waals surface area contributed by atoms with Crippen molar-refractivity contribution in [3.8, 4) is 0 Å². The van der Waals surface area contributed by atoms with Crippen molar-refractivity contribution >= 4 is 13.4 Å². The fraction of sp³-hybridized carbons (Fsp3) is 0.591. The van der Waals surface area contributed by atoms with E-state index in [0.717, 1.165) is 10.4 Å². The molecular weight excluding hydrogens is 419 g/mol. The third-order valence-electron chi connectivity index (χ3n) is 5.85. The lowest BCUT2D eigenvalue weighted by atomic mass is 9.90. The number of hydroxylamine groups is 1. The number of aryl methyl sites for hydroxylation is 1. The zero-order chi connectivity index (χ0) is 22.9. The predicted octanol–water partition coefficient (Wildman–Crippen LogP) is 2.24. The summed E-state index contributed by atoms with van der Waals surface area (Å²) in [7, 11) is -2.44. The second-order valence-corrected chi connectivity index (χ2v) is 10.3. The molecule has 5 atom stereocenters. The highest BCUT2D eigenvalue weighted by atomic mass is 31.2. The molecule has 0 bridgehead atoms. The first-order chi connectivity index (χ1) is 14.7. The number of aliphatic hydroxyl groups is 2. The molecule has 1 aromatic rings. The van der Waals surface area contributed by atoms with E-state index >= 15 is 0 Å². The van der Waals surface area contributed by atoms with Crippen molar-refractivity contribution in [3.63, 3.8) is 0 Å². The average Bonchev–Trinajstić information content (AvgIpc) is 3.00. The Kier molecular flexibility index (Phi) is 10.4. The Morgan fingerprint density at radius 2 is 1.90 bits per heavy atom. The van der Waals surface area contributed by atoms with Crippen LogP contribution in [-0.4, -0.2) is 57.9 Å². The standard InChI is InChI=1S/C22H35N2O6P/c1-30-24(31(28,29)14-13-17-9-5-4-6-10-17)16-19-18(20(25)15-21(19)26)11-7-2-3-8-12-22(23)27/h2,4-7,9-10,18-21,25-26H,3,8,11-16H2,1H3,(H2,23,27)(H,28,29)/b7-2-/t18?,19-,20+,21-/m0/s1. The Morgan fingerprint density at radius 1 is 1.23 bits per heavy atom. The van der Waals surface area contributed by atoms with Crippen molar-refractivity contribution in [2.45, 2.75) is 50.7 Å². The molecule has 0 radical (unpaired) electrons. The smallest absolute Gasteiger partial charge is 0.292 e. The van der Waals surface area contributed by atoms with Crippen LogP contribution in [0.5, 0.6) is 0 Å². The first kappa shape index (κ1) is 25.7. The third kappa shape index (κ3) is 8.15. The van der Waals surface area contributed by atoms with E-state index in [4.69, 9.17) is 10.6 Å². The van der Waals surface area contributed by atoms with Crippen LogP contribution in [0.15, 0.2) is 42.5 Å². The molecule has 31 heavy (non-hydrogen) atoms. The number of nitrogens with zero attached hydrogens (tertiary/aromatic N) is 1. The SMILES string of the molecule is CON(C[C@H]1C(C/C=C\CCCC(N)=O)[C@H](O)C[C@@H]1O)P(=O)(O)CCc1ccccc1. The van der Waals surface area contributed by atoms with Crippen molar-refractivity contribution in [1.82, 2.24) is 4.83 Å². The summed E-state index contributed by atoms with van der Waals surface area (Å²) in [6.45, 7) is 0.0531. The molecule has 1 aromatic carbocycles. The van der Waals surface area contributed by atoms with Gasteiger partial charge in [0.25, 0.3) is 7.52 Å². The largest absolute Gasteiger partial charge is 0.393 e. The Balaban J connectivity index is 1.95. The molecule has 1 saturated carbocycles. The van der Waals surface area contributed by atoms with Crippen LogP contribution in [0.3, 0.4) is 0 Å². The van der Waals surface area contributed by atoms with Crippen LogP contribution in [0.2, 0.25) is 0 Å². The van der Waals surface area contributed by atoms with Gasteiger partial charge in [0.2, 0.25) is 5.91 Å². The predicted molar refractivity (Wildman–Crippen MR) is 119 cm³/mol. The highest BCUT2D eigenvalue weighted by molar-refractivity contribution is 7.55. The minimum Gasteiger partial charge on any atom is -0.393 e. The number of hydrogen-bond donors (Lipinski definition) is 4. The van der Waals surface area contributed by atoms with Crippen LogP contribution in [0.1, 0.15) is 37.7 Å². The maximum atomic E-state index is 12.9. The van der Waals surface area contributed by atoms with Gasteiger partial charge in [-0.05, 0) is 43.6 Å². The number of primary amides is 1. The number of carbonyl (C=O) groups excluding carboxylic acids is 1. The molecule has 174 valence electrons. The Morgan fingerprint density at radius 3 is 2.55 bits per heavy atom. The van der Waals surface area contributed by atoms with E-state index < -0.39 is 25.6 Å². The number of hydrogen-bond acceptors (Lipinski definition) is 5. The quantitative estimate of drug-likeness (QED) is 0.155. The number of allylic oxidation sites excluding steroid dienone is 2. The summed E-state index contributed by atoms with van der Waals surface area (Å²) in [5.74, 6) is -0.986. The molecule has 1 aliphatic carbocycles. The maximum Gasteiger partial charge on any atom is 0.292 e. The molecule has 1 aliphatic rings. The molecule has 5 N–H and O–H groups in total. The average molecular weight is 455 g/mol. The molecule has 0 saturated heterocycles. The lowest BCUT2D eigenvalue weighted by Gasteiger charge is -2.31. The molecule has 8 nitrogen and oxygen atoms in total. The molecule has 1 amide bonds. The number of nitrogens with two attached hydrogens (primary N) is 1. The van der Waals surface area contributed by atoms with Gasteiger partial charge in [0.15, 0.2) is 0 Å². The normalized spacial score (nSPS) is 25.8. The van der Waals surface area contributed by atoms with Crippen LogP contribution in [0.4, 0.5) is 0 Å². The third-order valence-corrected chi connectivity index (χ3v) is 7.68. The van der Waals surface area contributed by atoms with Gasteiger partial charge < -0.3 is 20.8 Å². The minimum absolute atomic E-state index is 0.0284. The molecule has 2 rings (SSSR count). The van der Waals surface area contributed by atoms with Crippen molar-refractivity contribution in [3.05, 3.63) is 48.0 Å². The van der Waals surface area contributed by atoms with Gasteiger partial charge in [-0.1, -0.05) is 42.5 Å². The summed E-state index contributed by atoms with van der Waals surface area (Å²) in [4.78, 5) is 27.7. The van der Waals surface area contributed by atoms with E-state index in [1.54, 1.807) is 0 Å². The van der Waals surface area contributed by atoms with Crippen molar-refractivity contribution in [1.29, 1.82) is 0 Å². The first-order valence-corrected chi connectivity index (χ1v) is 12.5. The lowest BCUT2D eigenvalue weighted by molar-refractivity contribution is -0.118. The van der Waals surface area contributed by atoms with E-state index in [0.29, 0.717) is 32.1 Å². The van der Waals surface area contributed by atoms with E-state index in [9.17, 15) is 24.5 Å². The number of amides is 1. The molecule has 2 unspecified atom stereocenters. The van der Waals surface area contributed by atoms with Crippen LogP contribution in [0.25, 0.3) is 0 Å². The van der Waals surface area contributed by atoms with Crippen LogP contribution in [0, 0.1) is 11.8 Å². The Labute approximate surface area is 184 Å². The van der Waals surface area contributed by atoms with E-state index in [1.807, 2.05) is 42.5 Å². The minimum atomic E-state index is -3.79. The van der Waals surface area contributed by atoms with Gasteiger partial charge in [-0.25, -0.2) is 0 Å². The van der Waals surface area contributed by atoms with E-state index in [1.165, 1.54) is 7.11 Å². The van der Waals surface area contributed by atoms with Gasteiger partial charge in [-0.3, -0.25) is 14.2 Å². The monoisotopic (exact) mass is 454 g/mol. The highest BCUT2D eigenvalue weighted by Crippen LogP contribution is 2.48. The maximum absolute atomic E-state index is 12.9. The Bertz CT molecular complexity index is 760. The second-order valence-electron chi connectivity index (χ2n) is 8.10. The lowest BCUT2D eigenvalue weighted by Crippen LogP contribution is -2.34. The summed E-state index contributed by atoms with van der Waals surface area (Å²) in [5.41, 5.74) is 6.09. The molecule has 9 heteroatoms. The van der Waals surface area contributed by atoms with Gasteiger partial charge >= 0.3 is 0 Å².